The molecule has 0 spiro atoms. The van der Waals surface area contributed by atoms with Crippen LogP contribution in [0.15, 0.2) is 48.5 Å². The molecule has 2 aromatic rings. The highest BCUT2D eigenvalue weighted by molar-refractivity contribution is 6.21. The summed E-state index contributed by atoms with van der Waals surface area (Å²) >= 11 is 6.74. The highest BCUT2D eigenvalue weighted by Gasteiger charge is 2.23. The summed E-state index contributed by atoms with van der Waals surface area (Å²) in [5, 5.41) is 0.142. The molecule has 0 N–H and O–H groups in total. The van der Waals surface area contributed by atoms with Crippen LogP contribution in [0.3, 0.4) is 0 Å². The van der Waals surface area contributed by atoms with E-state index in [1.165, 1.54) is 22.3 Å². The van der Waals surface area contributed by atoms with E-state index in [1.54, 1.807) is 0 Å². The maximum Gasteiger partial charge on any atom is 0.0445 e. The topological polar surface area (TPSA) is 0 Å². The van der Waals surface area contributed by atoms with Crippen LogP contribution in [0.5, 0.6) is 0 Å². The second-order valence-corrected chi connectivity index (χ2v) is 6.11. The number of halogens is 1. The Morgan fingerprint density at radius 3 is 2.35 bits per heavy atom. The molecule has 1 heteroatoms. The Labute approximate surface area is 127 Å². The van der Waals surface area contributed by atoms with E-state index in [0.29, 0.717) is 0 Å². The first-order valence-electron chi connectivity index (χ1n) is 7.39. The SMILES string of the molecule is CCCC(Cl)C(c1ccccc1)c1cc(C)ccc1C. The summed E-state index contributed by atoms with van der Waals surface area (Å²) in [6, 6.07) is 17.3. The number of alkyl halides is 1. The molecule has 2 rings (SSSR count). The monoisotopic (exact) mass is 286 g/mol. The van der Waals surface area contributed by atoms with Crippen LogP contribution in [0, 0.1) is 13.8 Å². The van der Waals surface area contributed by atoms with Crippen molar-refractivity contribution in [1.29, 1.82) is 0 Å². The number of aryl methyl sites for hydroxylation is 2. The van der Waals surface area contributed by atoms with Crippen LogP contribution in [-0.4, -0.2) is 5.38 Å². The molecule has 0 heterocycles. The summed E-state index contributed by atoms with van der Waals surface area (Å²) in [5.74, 6) is 0.276. The molecule has 0 saturated carbocycles. The van der Waals surface area contributed by atoms with Gasteiger partial charge in [-0.05, 0) is 37.0 Å². The van der Waals surface area contributed by atoms with Crippen molar-refractivity contribution >= 4 is 11.6 Å². The van der Waals surface area contributed by atoms with Crippen LogP contribution >= 0.6 is 11.6 Å². The van der Waals surface area contributed by atoms with Crippen molar-refractivity contribution in [3.05, 3.63) is 70.8 Å². The van der Waals surface area contributed by atoms with Gasteiger partial charge in [0.25, 0.3) is 0 Å². The van der Waals surface area contributed by atoms with E-state index in [2.05, 4.69) is 69.3 Å². The third kappa shape index (κ3) is 3.43. The Hall–Kier alpha value is -1.27. The fourth-order valence-electron chi connectivity index (χ4n) is 2.78. The molecule has 2 unspecified atom stereocenters. The van der Waals surface area contributed by atoms with Gasteiger partial charge in [0.2, 0.25) is 0 Å². The summed E-state index contributed by atoms with van der Waals surface area (Å²) < 4.78 is 0. The van der Waals surface area contributed by atoms with Crippen LogP contribution in [0.4, 0.5) is 0 Å². The maximum absolute atomic E-state index is 6.74. The minimum atomic E-state index is 0.142. The molecule has 0 nitrogen and oxygen atoms in total. The molecule has 106 valence electrons. The normalized spacial score (nSPS) is 14.0. The average Bonchev–Trinajstić information content (AvgIpc) is 2.44. The Bertz CT molecular complexity index is 545. The Morgan fingerprint density at radius 1 is 1.00 bits per heavy atom. The van der Waals surface area contributed by atoms with E-state index in [-0.39, 0.29) is 11.3 Å². The van der Waals surface area contributed by atoms with Crippen molar-refractivity contribution in [3.8, 4) is 0 Å². The van der Waals surface area contributed by atoms with E-state index >= 15 is 0 Å². The van der Waals surface area contributed by atoms with Gasteiger partial charge in [-0.15, -0.1) is 11.6 Å². The van der Waals surface area contributed by atoms with Crippen molar-refractivity contribution in [2.24, 2.45) is 0 Å². The standard InChI is InChI=1S/C19H23Cl/c1-4-8-18(20)19(16-9-6-5-7-10-16)17-13-14(2)11-12-15(17)3/h5-7,9-13,18-19H,4,8H2,1-3H3. The number of benzene rings is 2. The third-order valence-electron chi connectivity index (χ3n) is 3.85. The van der Waals surface area contributed by atoms with Gasteiger partial charge in [0.05, 0.1) is 0 Å². The second kappa shape index (κ2) is 6.95. The Balaban J connectivity index is 2.48. The molecule has 2 atom stereocenters. The van der Waals surface area contributed by atoms with Gasteiger partial charge in [0, 0.05) is 11.3 Å². The second-order valence-electron chi connectivity index (χ2n) is 5.55. The summed E-state index contributed by atoms with van der Waals surface area (Å²) in [6.45, 7) is 6.52. The van der Waals surface area contributed by atoms with Gasteiger partial charge in [0.1, 0.15) is 0 Å². The predicted molar refractivity (Wildman–Crippen MR) is 88.8 cm³/mol. The zero-order chi connectivity index (χ0) is 14.5. The first kappa shape index (κ1) is 15.1. The third-order valence-corrected chi connectivity index (χ3v) is 4.32. The fourth-order valence-corrected chi connectivity index (χ4v) is 3.28. The summed E-state index contributed by atoms with van der Waals surface area (Å²) in [5.41, 5.74) is 5.30. The van der Waals surface area contributed by atoms with Crippen LogP contribution < -0.4 is 0 Å². The van der Waals surface area contributed by atoms with Crippen molar-refractivity contribution in [2.75, 3.05) is 0 Å². The summed E-state index contributed by atoms with van der Waals surface area (Å²) in [6.07, 6.45) is 2.15. The van der Waals surface area contributed by atoms with Gasteiger partial charge in [-0.2, -0.15) is 0 Å². The van der Waals surface area contributed by atoms with Gasteiger partial charge < -0.3 is 0 Å². The van der Waals surface area contributed by atoms with Crippen LogP contribution in [-0.2, 0) is 0 Å². The van der Waals surface area contributed by atoms with Crippen LogP contribution in [0.1, 0.15) is 47.9 Å². The predicted octanol–water partition coefficient (Wildman–Crippen LogP) is 5.84. The minimum absolute atomic E-state index is 0.142. The smallest absolute Gasteiger partial charge is 0.0445 e. The van der Waals surface area contributed by atoms with Crippen LogP contribution in [0.2, 0.25) is 0 Å². The lowest BCUT2D eigenvalue weighted by Crippen LogP contribution is -2.15. The lowest BCUT2D eigenvalue weighted by atomic mass is 9.84. The molecule has 0 aliphatic heterocycles. The number of rotatable bonds is 5. The zero-order valence-electron chi connectivity index (χ0n) is 12.6. The van der Waals surface area contributed by atoms with E-state index in [4.69, 9.17) is 11.6 Å². The zero-order valence-corrected chi connectivity index (χ0v) is 13.3. The molecule has 0 aliphatic rings. The molecule has 0 radical (unpaired) electrons. The summed E-state index contributed by atoms with van der Waals surface area (Å²) in [7, 11) is 0. The van der Waals surface area contributed by atoms with Crippen LogP contribution in [0.25, 0.3) is 0 Å². The lowest BCUT2D eigenvalue weighted by molar-refractivity contribution is 0.657. The lowest BCUT2D eigenvalue weighted by Gasteiger charge is -2.25. The highest BCUT2D eigenvalue weighted by atomic mass is 35.5. The molecular weight excluding hydrogens is 264 g/mol. The molecule has 0 saturated heterocycles. The van der Waals surface area contributed by atoms with Crippen molar-refractivity contribution in [1.82, 2.24) is 0 Å². The van der Waals surface area contributed by atoms with E-state index in [0.717, 1.165) is 12.8 Å². The number of hydrogen-bond donors (Lipinski definition) is 0. The summed E-state index contributed by atoms with van der Waals surface area (Å²) in [4.78, 5) is 0. The molecular formula is C19H23Cl. The van der Waals surface area contributed by atoms with E-state index in [9.17, 15) is 0 Å². The molecule has 2 aromatic carbocycles. The molecule has 0 amide bonds. The largest absolute Gasteiger partial charge is 0.122 e. The van der Waals surface area contributed by atoms with Gasteiger partial charge >= 0.3 is 0 Å². The molecule has 0 aromatic heterocycles. The molecule has 0 aliphatic carbocycles. The highest BCUT2D eigenvalue weighted by Crippen LogP contribution is 2.35. The van der Waals surface area contributed by atoms with Gasteiger partial charge in [-0.1, -0.05) is 67.4 Å². The average molecular weight is 287 g/mol. The van der Waals surface area contributed by atoms with Crippen molar-refractivity contribution in [3.63, 3.8) is 0 Å². The van der Waals surface area contributed by atoms with Gasteiger partial charge in [-0.3, -0.25) is 0 Å². The first-order chi connectivity index (χ1) is 9.63. The van der Waals surface area contributed by atoms with E-state index < -0.39 is 0 Å². The van der Waals surface area contributed by atoms with E-state index in [1.807, 2.05) is 0 Å². The van der Waals surface area contributed by atoms with Crippen molar-refractivity contribution in [2.45, 2.75) is 44.9 Å². The molecule has 20 heavy (non-hydrogen) atoms. The Kier molecular flexibility index (Phi) is 5.25. The molecule has 0 fully saturated rings. The van der Waals surface area contributed by atoms with Crippen molar-refractivity contribution < 1.29 is 0 Å². The van der Waals surface area contributed by atoms with Gasteiger partial charge in [-0.25, -0.2) is 0 Å². The number of hydrogen-bond acceptors (Lipinski definition) is 0. The fraction of sp³-hybridized carbons (Fsp3) is 0.368. The minimum Gasteiger partial charge on any atom is -0.122 e. The van der Waals surface area contributed by atoms with Gasteiger partial charge in [0.15, 0.2) is 0 Å². The molecule has 0 bridgehead atoms. The maximum atomic E-state index is 6.74. The Morgan fingerprint density at radius 2 is 1.70 bits per heavy atom. The first-order valence-corrected chi connectivity index (χ1v) is 7.83. The quantitative estimate of drug-likeness (QED) is 0.606.